The number of hydrogen-bond acceptors (Lipinski definition) is 7. The summed E-state index contributed by atoms with van der Waals surface area (Å²) in [6.07, 6.45) is -0.665. The Bertz CT molecular complexity index is 1130. The summed E-state index contributed by atoms with van der Waals surface area (Å²) in [4.78, 5) is 4.52. The van der Waals surface area contributed by atoms with Gasteiger partial charge in [0.1, 0.15) is 17.4 Å². The number of hydrogen-bond donors (Lipinski definition) is 1. The van der Waals surface area contributed by atoms with Gasteiger partial charge >= 0.3 is 0 Å². The largest absolute Gasteiger partial charge is 0.490 e. The average molecular weight is 394 g/mol. The fourth-order valence-electron chi connectivity index (χ4n) is 3.05. The molecule has 0 bridgehead atoms. The lowest BCUT2D eigenvalue weighted by Crippen LogP contribution is -1.98. The Morgan fingerprint density at radius 2 is 1.72 bits per heavy atom. The molecule has 29 heavy (non-hydrogen) atoms. The molecule has 1 atom stereocenters. The molecule has 7 heteroatoms. The summed E-state index contributed by atoms with van der Waals surface area (Å²) in [5.74, 6) is 2.69. The van der Waals surface area contributed by atoms with Gasteiger partial charge in [0.05, 0.1) is 13.2 Å². The second kappa shape index (κ2) is 7.97. The van der Waals surface area contributed by atoms with Gasteiger partial charge in [0, 0.05) is 16.5 Å². The Labute approximate surface area is 167 Å². The summed E-state index contributed by atoms with van der Waals surface area (Å²) in [6.45, 7) is 6.59. The molecule has 0 saturated carbocycles. The Hall–Kier alpha value is -3.32. The molecule has 7 nitrogen and oxygen atoms in total. The third-order valence-electron chi connectivity index (χ3n) is 4.42. The molecule has 0 saturated heterocycles. The molecule has 0 aliphatic heterocycles. The first-order valence-corrected chi connectivity index (χ1v) is 9.54. The number of furan rings is 1. The summed E-state index contributed by atoms with van der Waals surface area (Å²) < 4.78 is 22.4. The second-order valence-electron chi connectivity index (χ2n) is 6.53. The van der Waals surface area contributed by atoms with Crippen molar-refractivity contribution in [2.75, 3.05) is 13.2 Å². The quantitative estimate of drug-likeness (QED) is 0.471. The standard InChI is InChI=1S/C22H22N2O5/c1-4-26-18-9-7-15(11-20(18)27-5-2)22-23-21(24-29-22)14-6-8-17-16(10-14)12-19(28-17)13(3)25/h6-13,25H,4-5H2,1-3H3. The van der Waals surface area contributed by atoms with Gasteiger partial charge in [-0.25, -0.2) is 0 Å². The smallest absolute Gasteiger partial charge is 0.258 e. The predicted octanol–water partition coefficient (Wildman–Crippen LogP) is 5.00. The fraction of sp³-hybridized carbons (Fsp3) is 0.273. The molecule has 0 spiro atoms. The highest BCUT2D eigenvalue weighted by atomic mass is 16.5. The molecule has 1 unspecified atom stereocenters. The molecular formula is C22H22N2O5. The molecule has 2 aromatic heterocycles. The van der Waals surface area contributed by atoms with Gasteiger partial charge in [0.2, 0.25) is 5.82 Å². The van der Waals surface area contributed by atoms with E-state index in [1.807, 2.05) is 56.3 Å². The predicted molar refractivity (Wildman–Crippen MR) is 108 cm³/mol. The van der Waals surface area contributed by atoms with Crippen molar-refractivity contribution < 1.29 is 23.5 Å². The molecule has 2 heterocycles. The molecule has 0 radical (unpaired) electrons. The van der Waals surface area contributed by atoms with Crippen LogP contribution in [-0.4, -0.2) is 28.5 Å². The van der Waals surface area contributed by atoms with Crippen LogP contribution in [0, 0.1) is 0 Å². The molecular weight excluding hydrogens is 372 g/mol. The zero-order valence-electron chi connectivity index (χ0n) is 16.5. The minimum Gasteiger partial charge on any atom is -0.490 e. The van der Waals surface area contributed by atoms with Crippen LogP contribution < -0.4 is 9.47 Å². The lowest BCUT2D eigenvalue weighted by Gasteiger charge is -2.11. The summed E-state index contributed by atoms with van der Waals surface area (Å²) in [5.41, 5.74) is 2.24. The van der Waals surface area contributed by atoms with E-state index in [-0.39, 0.29) is 0 Å². The third kappa shape index (κ3) is 3.82. The van der Waals surface area contributed by atoms with Crippen molar-refractivity contribution in [3.8, 4) is 34.3 Å². The first kappa shape index (κ1) is 19.0. The van der Waals surface area contributed by atoms with Gasteiger partial charge in [0.25, 0.3) is 5.89 Å². The zero-order chi connectivity index (χ0) is 20.4. The van der Waals surface area contributed by atoms with Crippen LogP contribution in [0.3, 0.4) is 0 Å². The molecule has 2 aromatic carbocycles. The molecule has 150 valence electrons. The van der Waals surface area contributed by atoms with Gasteiger partial charge in [-0.1, -0.05) is 5.16 Å². The van der Waals surface area contributed by atoms with E-state index in [1.54, 1.807) is 6.92 Å². The minimum absolute atomic E-state index is 0.390. The fourth-order valence-corrected chi connectivity index (χ4v) is 3.05. The number of benzene rings is 2. The summed E-state index contributed by atoms with van der Waals surface area (Å²) in [5, 5.41) is 14.7. The Kier molecular flexibility index (Phi) is 5.22. The van der Waals surface area contributed by atoms with Crippen LogP contribution in [-0.2, 0) is 0 Å². The van der Waals surface area contributed by atoms with Crippen LogP contribution in [0.1, 0.15) is 32.6 Å². The van der Waals surface area contributed by atoms with Crippen molar-refractivity contribution in [3.05, 3.63) is 48.2 Å². The monoisotopic (exact) mass is 394 g/mol. The van der Waals surface area contributed by atoms with Gasteiger partial charge in [0.15, 0.2) is 11.5 Å². The number of aliphatic hydroxyl groups excluding tert-OH is 1. The van der Waals surface area contributed by atoms with E-state index in [0.717, 1.165) is 16.5 Å². The summed E-state index contributed by atoms with van der Waals surface area (Å²) >= 11 is 0. The van der Waals surface area contributed by atoms with Gasteiger partial charge in [-0.3, -0.25) is 0 Å². The topological polar surface area (TPSA) is 90.8 Å². The van der Waals surface area contributed by atoms with Crippen molar-refractivity contribution in [3.63, 3.8) is 0 Å². The SMILES string of the molecule is CCOc1ccc(-c2nc(-c3ccc4oc(C(C)O)cc4c3)no2)cc1OCC. The van der Waals surface area contributed by atoms with Gasteiger partial charge in [-0.05, 0) is 63.2 Å². The zero-order valence-corrected chi connectivity index (χ0v) is 16.5. The Balaban J connectivity index is 1.66. The van der Waals surface area contributed by atoms with E-state index in [1.165, 1.54) is 0 Å². The molecule has 0 aliphatic carbocycles. The number of ether oxygens (including phenoxy) is 2. The van der Waals surface area contributed by atoms with Crippen molar-refractivity contribution in [2.24, 2.45) is 0 Å². The van der Waals surface area contributed by atoms with E-state index in [9.17, 15) is 5.11 Å². The van der Waals surface area contributed by atoms with E-state index in [0.29, 0.717) is 47.8 Å². The molecule has 1 N–H and O–H groups in total. The van der Waals surface area contributed by atoms with Crippen LogP contribution in [0.25, 0.3) is 33.8 Å². The Morgan fingerprint density at radius 1 is 0.966 bits per heavy atom. The number of nitrogens with zero attached hydrogens (tertiary/aromatic N) is 2. The number of aromatic nitrogens is 2. The van der Waals surface area contributed by atoms with Crippen molar-refractivity contribution in [2.45, 2.75) is 26.9 Å². The number of rotatable bonds is 7. The molecule has 4 rings (SSSR count). The van der Waals surface area contributed by atoms with E-state index < -0.39 is 6.10 Å². The van der Waals surface area contributed by atoms with Crippen molar-refractivity contribution >= 4 is 11.0 Å². The van der Waals surface area contributed by atoms with E-state index >= 15 is 0 Å². The first-order chi connectivity index (χ1) is 14.1. The molecule has 0 amide bonds. The van der Waals surface area contributed by atoms with Crippen LogP contribution in [0.4, 0.5) is 0 Å². The minimum atomic E-state index is -0.665. The van der Waals surface area contributed by atoms with Crippen LogP contribution in [0.5, 0.6) is 11.5 Å². The van der Waals surface area contributed by atoms with Crippen molar-refractivity contribution in [1.82, 2.24) is 10.1 Å². The summed E-state index contributed by atoms with van der Waals surface area (Å²) in [7, 11) is 0. The highest BCUT2D eigenvalue weighted by molar-refractivity contribution is 5.83. The van der Waals surface area contributed by atoms with Crippen LogP contribution in [0.2, 0.25) is 0 Å². The van der Waals surface area contributed by atoms with E-state index in [4.69, 9.17) is 18.4 Å². The van der Waals surface area contributed by atoms with Gasteiger partial charge in [-0.2, -0.15) is 4.98 Å². The number of aliphatic hydroxyl groups is 1. The maximum Gasteiger partial charge on any atom is 0.258 e. The van der Waals surface area contributed by atoms with E-state index in [2.05, 4.69) is 10.1 Å². The Morgan fingerprint density at radius 3 is 2.48 bits per heavy atom. The molecule has 0 aliphatic rings. The second-order valence-corrected chi connectivity index (χ2v) is 6.53. The lowest BCUT2D eigenvalue weighted by atomic mass is 10.1. The maximum absolute atomic E-state index is 9.70. The highest BCUT2D eigenvalue weighted by Gasteiger charge is 2.15. The maximum atomic E-state index is 9.70. The summed E-state index contributed by atoms with van der Waals surface area (Å²) in [6, 6.07) is 12.9. The average Bonchev–Trinajstić information content (AvgIpc) is 3.36. The van der Waals surface area contributed by atoms with Crippen LogP contribution >= 0.6 is 0 Å². The molecule has 0 fully saturated rings. The molecule has 4 aromatic rings. The van der Waals surface area contributed by atoms with Gasteiger partial charge < -0.3 is 23.5 Å². The highest BCUT2D eigenvalue weighted by Crippen LogP contribution is 2.33. The van der Waals surface area contributed by atoms with Gasteiger partial charge in [-0.15, -0.1) is 0 Å². The lowest BCUT2D eigenvalue weighted by molar-refractivity contribution is 0.172. The third-order valence-corrected chi connectivity index (χ3v) is 4.42. The first-order valence-electron chi connectivity index (χ1n) is 9.54. The van der Waals surface area contributed by atoms with Crippen molar-refractivity contribution in [1.29, 1.82) is 0 Å². The number of fused-ring (bicyclic) bond motifs is 1. The van der Waals surface area contributed by atoms with Crippen LogP contribution in [0.15, 0.2) is 51.4 Å². The normalized spacial score (nSPS) is 12.3.